The number of nitrogens with one attached hydrogen (secondary N) is 1. The molecule has 0 aliphatic rings. The normalized spacial score (nSPS) is 10.1. The average Bonchev–Trinajstić information content (AvgIpc) is 2.19. The largest absolute Gasteiger partial charge is 0.478 e. The molecule has 1 aromatic rings. The molecule has 1 aromatic carbocycles. The highest BCUT2D eigenvalue weighted by atomic mass is 16.6. The topological polar surface area (TPSA) is 58.6 Å². The summed E-state index contributed by atoms with van der Waals surface area (Å²) in [5.74, 6) is -0.914. The number of hydrogen-bond donors (Lipinski definition) is 2. The van der Waals surface area contributed by atoms with Gasteiger partial charge in [0.25, 0.3) is 0 Å². The Morgan fingerprint density at radius 1 is 1.57 bits per heavy atom. The molecule has 0 saturated carbocycles. The zero-order chi connectivity index (χ0) is 10.4. The Labute approximate surface area is 82.5 Å². The predicted octanol–water partition coefficient (Wildman–Crippen LogP) is 1.43. The first-order valence-corrected chi connectivity index (χ1v) is 4.41. The Hall–Kier alpha value is -1.39. The number of aromatic carboxylic acids is 1. The van der Waals surface area contributed by atoms with Crippen LogP contribution >= 0.6 is 0 Å². The molecule has 0 atom stereocenters. The van der Waals surface area contributed by atoms with Crippen LogP contribution in [0.15, 0.2) is 24.3 Å². The van der Waals surface area contributed by atoms with Gasteiger partial charge in [-0.05, 0) is 24.6 Å². The van der Waals surface area contributed by atoms with Gasteiger partial charge in [-0.3, -0.25) is 0 Å². The molecule has 0 fully saturated rings. The van der Waals surface area contributed by atoms with Crippen molar-refractivity contribution in [1.29, 1.82) is 0 Å². The van der Waals surface area contributed by atoms with Crippen LogP contribution in [0.1, 0.15) is 22.8 Å². The van der Waals surface area contributed by atoms with Gasteiger partial charge in [0.05, 0.1) is 12.2 Å². The quantitative estimate of drug-likeness (QED) is 0.551. The maximum Gasteiger partial charge on any atom is 0.335 e. The number of benzene rings is 1. The van der Waals surface area contributed by atoms with Crippen molar-refractivity contribution in [2.24, 2.45) is 0 Å². The van der Waals surface area contributed by atoms with Crippen LogP contribution in [0.4, 0.5) is 0 Å². The van der Waals surface area contributed by atoms with Crippen molar-refractivity contribution >= 4 is 5.97 Å². The van der Waals surface area contributed by atoms with Gasteiger partial charge in [0, 0.05) is 6.54 Å². The van der Waals surface area contributed by atoms with Crippen LogP contribution in [0.5, 0.6) is 0 Å². The molecule has 0 unspecified atom stereocenters. The lowest BCUT2D eigenvalue weighted by molar-refractivity contribution is 0.0462. The maximum absolute atomic E-state index is 10.6. The summed E-state index contributed by atoms with van der Waals surface area (Å²) in [6.45, 7) is 2.97. The van der Waals surface area contributed by atoms with Crippen molar-refractivity contribution in [3.05, 3.63) is 35.4 Å². The minimum atomic E-state index is -0.914. The van der Waals surface area contributed by atoms with Crippen molar-refractivity contribution in [3.8, 4) is 0 Å². The molecule has 1 rings (SSSR count). The minimum Gasteiger partial charge on any atom is -0.478 e. The van der Waals surface area contributed by atoms with Gasteiger partial charge >= 0.3 is 5.97 Å². The van der Waals surface area contributed by atoms with Gasteiger partial charge in [0.15, 0.2) is 0 Å². The van der Waals surface area contributed by atoms with Crippen LogP contribution in [0.2, 0.25) is 0 Å². The third kappa shape index (κ3) is 3.16. The lowest BCUT2D eigenvalue weighted by Crippen LogP contribution is -2.13. The Morgan fingerprint density at radius 2 is 2.36 bits per heavy atom. The average molecular weight is 195 g/mol. The SMILES string of the molecule is CCONCc1cccc(C(=O)O)c1. The Kier molecular flexibility index (Phi) is 4.10. The van der Waals surface area contributed by atoms with Crippen molar-refractivity contribution in [1.82, 2.24) is 5.48 Å². The number of carboxylic acid groups (broad SMARTS) is 1. The third-order valence-corrected chi connectivity index (χ3v) is 1.70. The fraction of sp³-hybridized carbons (Fsp3) is 0.300. The fourth-order valence-corrected chi connectivity index (χ4v) is 1.05. The fourth-order valence-electron chi connectivity index (χ4n) is 1.05. The molecule has 2 N–H and O–H groups in total. The monoisotopic (exact) mass is 195 g/mol. The van der Waals surface area contributed by atoms with Gasteiger partial charge in [-0.15, -0.1) is 0 Å². The second kappa shape index (κ2) is 5.36. The molecule has 0 amide bonds. The number of carboxylic acids is 1. The smallest absolute Gasteiger partial charge is 0.335 e. The summed E-state index contributed by atoms with van der Waals surface area (Å²) >= 11 is 0. The molecule has 0 spiro atoms. The molecule has 4 nitrogen and oxygen atoms in total. The van der Waals surface area contributed by atoms with E-state index < -0.39 is 5.97 Å². The molecule has 0 aliphatic heterocycles. The van der Waals surface area contributed by atoms with Gasteiger partial charge in [-0.1, -0.05) is 12.1 Å². The van der Waals surface area contributed by atoms with Crippen molar-refractivity contribution in [2.75, 3.05) is 6.61 Å². The number of hydroxylamine groups is 1. The first-order valence-electron chi connectivity index (χ1n) is 4.41. The second-order valence-corrected chi connectivity index (χ2v) is 2.76. The van der Waals surface area contributed by atoms with E-state index in [0.29, 0.717) is 18.7 Å². The number of hydrogen-bond acceptors (Lipinski definition) is 3. The third-order valence-electron chi connectivity index (χ3n) is 1.70. The first-order chi connectivity index (χ1) is 6.74. The summed E-state index contributed by atoms with van der Waals surface area (Å²) in [6.07, 6.45) is 0. The summed E-state index contributed by atoms with van der Waals surface area (Å²) in [4.78, 5) is 15.6. The molecule has 0 aliphatic carbocycles. The summed E-state index contributed by atoms with van der Waals surface area (Å²) in [5, 5.41) is 8.73. The van der Waals surface area contributed by atoms with Crippen LogP contribution < -0.4 is 5.48 Å². The van der Waals surface area contributed by atoms with E-state index in [9.17, 15) is 4.79 Å². The molecule has 4 heteroatoms. The number of carbonyl (C=O) groups is 1. The van der Waals surface area contributed by atoms with E-state index in [-0.39, 0.29) is 0 Å². The van der Waals surface area contributed by atoms with Gasteiger partial charge in [0.2, 0.25) is 0 Å². The van der Waals surface area contributed by atoms with E-state index >= 15 is 0 Å². The molecule has 0 saturated heterocycles. The summed E-state index contributed by atoms with van der Waals surface area (Å²) in [5.41, 5.74) is 3.90. The van der Waals surface area contributed by atoms with Gasteiger partial charge in [0.1, 0.15) is 0 Å². The summed E-state index contributed by atoms with van der Waals surface area (Å²) in [6, 6.07) is 6.74. The van der Waals surface area contributed by atoms with Crippen LogP contribution in [-0.2, 0) is 11.4 Å². The Balaban J connectivity index is 2.59. The van der Waals surface area contributed by atoms with Crippen molar-refractivity contribution in [3.63, 3.8) is 0 Å². The molecule has 14 heavy (non-hydrogen) atoms. The molecule has 0 radical (unpaired) electrons. The Morgan fingerprint density at radius 3 is 3.00 bits per heavy atom. The standard InChI is InChI=1S/C10H13NO3/c1-2-14-11-7-8-4-3-5-9(6-8)10(12)13/h3-6,11H,2,7H2,1H3,(H,12,13). The van der Waals surface area contributed by atoms with Gasteiger partial charge < -0.3 is 9.94 Å². The van der Waals surface area contributed by atoms with Crippen molar-refractivity contribution < 1.29 is 14.7 Å². The minimum absolute atomic E-state index is 0.292. The van der Waals surface area contributed by atoms with Crippen molar-refractivity contribution in [2.45, 2.75) is 13.5 Å². The molecule has 0 bridgehead atoms. The van der Waals surface area contributed by atoms with Crippen LogP contribution in [0.25, 0.3) is 0 Å². The molecule has 0 aromatic heterocycles. The van der Waals surface area contributed by atoms with E-state index in [2.05, 4.69) is 5.48 Å². The zero-order valence-electron chi connectivity index (χ0n) is 7.99. The summed E-state index contributed by atoms with van der Waals surface area (Å²) in [7, 11) is 0. The van der Waals surface area contributed by atoms with Gasteiger partial charge in [-0.2, -0.15) is 5.48 Å². The molecule has 76 valence electrons. The lowest BCUT2D eigenvalue weighted by Gasteiger charge is -2.04. The van der Waals surface area contributed by atoms with Crippen LogP contribution in [0, 0.1) is 0 Å². The highest BCUT2D eigenvalue weighted by molar-refractivity contribution is 5.87. The maximum atomic E-state index is 10.6. The van der Waals surface area contributed by atoms with E-state index in [1.54, 1.807) is 18.2 Å². The Bertz CT molecular complexity index is 312. The van der Waals surface area contributed by atoms with E-state index in [1.807, 2.05) is 13.0 Å². The first kappa shape index (κ1) is 10.7. The second-order valence-electron chi connectivity index (χ2n) is 2.76. The molecular weight excluding hydrogens is 182 g/mol. The summed E-state index contributed by atoms with van der Waals surface area (Å²) < 4.78 is 0. The molecule has 0 heterocycles. The number of rotatable bonds is 5. The highest BCUT2D eigenvalue weighted by Crippen LogP contribution is 2.04. The predicted molar refractivity (Wildman–Crippen MR) is 51.9 cm³/mol. The van der Waals surface area contributed by atoms with Gasteiger partial charge in [-0.25, -0.2) is 4.79 Å². The zero-order valence-corrected chi connectivity index (χ0v) is 7.99. The molecular formula is C10H13NO3. The van der Waals surface area contributed by atoms with E-state index in [1.165, 1.54) is 0 Å². The van der Waals surface area contributed by atoms with Crippen LogP contribution in [-0.4, -0.2) is 17.7 Å². The highest BCUT2D eigenvalue weighted by Gasteiger charge is 2.02. The lowest BCUT2D eigenvalue weighted by atomic mass is 10.1. The van der Waals surface area contributed by atoms with E-state index in [4.69, 9.17) is 9.94 Å². The van der Waals surface area contributed by atoms with Crippen LogP contribution in [0.3, 0.4) is 0 Å². The van der Waals surface area contributed by atoms with E-state index in [0.717, 1.165) is 5.56 Å².